The number of nitrogens with zero attached hydrogens (tertiary/aromatic N) is 4. The molecule has 2 aromatic heterocycles. The second-order valence-corrected chi connectivity index (χ2v) is 6.05. The van der Waals surface area contributed by atoms with Gasteiger partial charge in [-0.15, -0.1) is 11.6 Å². The van der Waals surface area contributed by atoms with Crippen LogP contribution in [0.3, 0.4) is 0 Å². The predicted molar refractivity (Wildman–Crippen MR) is 79.2 cm³/mol. The zero-order chi connectivity index (χ0) is 14.3. The molecule has 1 aliphatic heterocycles. The Balaban J connectivity index is 2.20. The van der Waals surface area contributed by atoms with Crippen molar-refractivity contribution in [1.82, 2.24) is 19.3 Å². The summed E-state index contributed by atoms with van der Waals surface area (Å²) in [4.78, 5) is 4.79. The first kappa shape index (κ1) is 13.9. The summed E-state index contributed by atoms with van der Waals surface area (Å²) >= 11 is 6.36. The summed E-state index contributed by atoms with van der Waals surface area (Å²) in [6.45, 7) is 5.70. The smallest absolute Gasteiger partial charge is 0.158 e. The van der Waals surface area contributed by atoms with Gasteiger partial charge in [0.05, 0.1) is 11.1 Å². The van der Waals surface area contributed by atoms with E-state index in [0.717, 1.165) is 55.2 Å². The first-order valence-corrected chi connectivity index (χ1v) is 7.72. The highest BCUT2D eigenvalue weighted by Crippen LogP contribution is 2.33. The Morgan fingerprint density at radius 1 is 1.40 bits per heavy atom. The number of aromatic nitrogens is 4. The van der Waals surface area contributed by atoms with E-state index in [1.54, 1.807) is 0 Å². The van der Waals surface area contributed by atoms with E-state index in [2.05, 4.69) is 16.6 Å². The fraction of sp³-hybridized carbons (Fsp3) is 0.714. The van der Waals surface area contributed by atoms with Crippen molar-refractivity contribution in [1.29, 1.82) is 0 Å². The Morgan fingerprint density at radius 3 is 2.70 bits per heavy atom. The molecule has 20 heavy (non-hydrogen) atoms. The van der Waals surface area contributed by atoms with Crippen LogP contribution in [0.1, 0.15) is 49.6 Å². The minimum Gasteiger partial charge on any atom is -0.381 e. The second kappa shape index (κ2) is 5.37. The Hall–Kier alpha value is -1.07. The molecule has 3 heterocycles. The fourth-order valence-electron chi connectivity index (χ4n) is 3.04. The lowest BCUT2D eigenvalue weighted by Gasteiger charge is -2.26. The summed E-state index contributed by atoms with van der Waals surface area (Å²) in [6, 6.07) is 0.407. The lowest BCUT2D eigenvalue weighted by Crippen LogP contribution is -2.22. The normalized spacial score (nSPS) is 18.8. The van der Waals surface area contributed by atoms with Crippen molar-refractivity contribution in [2.75, 3.05) is 13.2 Å². The van der Waals surface area contributed by atoms with Crippen molar-refractivity contribution in [3.63, 3.8) is 0 Å². The summed E-state index contributed by atoms with van der Waals surface area (Å²) in [6.07, 6.45) is 2.90. The lowest BCUT2D eigenvalue weighted by molar-refractivity contribution is 0.0696. The topological polar surface area (TPSA) is 44.9 Å². The van der Waals surface area contributed by atoms with E-state index in [0.29, 0.717) is 6.04 Å². The van der Waals surface area contributed by atoms with Gasteiger partial charge in [-0.25, -0.2) is 4.98 Å². The van der Waals surface area contributed by atoms with Gasteiger partial charge in [0.15, 0.2) is 5.65 Å². The Bertz CT molecular complexity index is 610. The first-order valence-electron chi connectivity index (χ1n) is 7.29. The van der Waals surface area contributed by atoms with Gasteiger partial charge in [0.1, 0.15) is 11.3 Å². The van der Waals surface area contributed by atoms with E-state index < -0.39 is 0 Å². The highest BCUT2D eigenvalue weighted by Gasteiger charge is 2.27. The van der Waals surface area contributed by atoms with Crippen LogP contribution >= 0.6 is 11.6 Å². The van der Waals surface area contributed by atoms with Crippen LogP contribution in [0.4, 0.5) is 0 Å². The molecule has 0 aliphatic carbocycles. The van der Waals surface area contributed by atoms with E-state index in [-0.39, 0.29) is 5.38 Å². The van der Waals surface area contributed by atoms with Gasteiger partial charge in [-0.05, 0) is 26.2 Å². The van der Waals surface area contributed by atoms with Crippen molar-refractivity contribution >= 4 is 22.8 Å². The number of fused-ring (bicyclic) bond motifs is 1. The molecule has 1 unspecified atom stereocenters. The van der Waals surface area contributed by atoms with Gasteiger partial charge in [-0.1, -0.05) is 6.92 Å². The third-order valence-electron chi connectivity index (χ3n) is 4.01. The molecule has 110 valence electrons. The molecule has 0 aromatic carbocycles. The molecule has 6 heteroatoms. The summed E-state index contributed by atoms with van der Waals surface area (Å²) < 4.78 is 9.71. The molecule has 1 fully saturated rings. The molecule has 0 bridgehead atoms. The number of alkyl halides is 1. The molecular weight excluding hydrogens is 276 g/mol. The highest BCUT2D eigenvalue weighted by atomic mass is 35.5. The largest absolute Gasteiger partial charge is 0.381 e. The molecular formula is C14H21ClN4O. The molecule has 1 aliphatic rings. The van der Waals surface area contributed by atoms with Gasteiger partial charge in [-0.2, -0.15) is 5.10 Å². The summed E-state index contributed by atoms with van der Waals surface area (Å²) in [7, 11) is 1.99. The number of aryl methyl sites for hydroxylation is 2. The molecule has 0 spiro atoms. The average molecular weight is 297 g/mol. The maximum absolute atomic E-state index is 6.36. The van der Waals surface area contributed by atoms with Crippen molar-refractivity contribution in [2.45, 2.75) is 44.5 Å². The molecule has 0 radical (unpaired) electrons. The molecule has 0 amide bonds. The van der Waals surface area contributed by atoms with Crippen molar-refractivity contribution in [2.24, 2.45) is 7.05 Å². The van der Waals surface area contributed by atoms with Crippen LogP contribution in [0.5, 0.6) is 0 Å². The monoisotopic (exact) mass is 296 g/mol. The first-order chi connectivity index (χ1) is 9.63. The maximum Gasteiger partial charge on any atom is 0.158 e. The van der Waals surface area contributed by atoms with Gasteiger partial charge < -0.3 is 9.30 Å². The summed E-state index contributed by atoms with van der Waals surface area (Å²) in [5.41, 5.74) is 3.15. The van der Waals surface area contributed by atoms with Gasteiger partial charge in [0.2, 0.25) is 0 Å². The van der Waals surface area contributed by atoms with E-state index in [1.807, 2.05) is 18.7 Å². The third kappa shape index (κ3) is 2.13. The number of hydrogen-bond acceptors (Lipinski definition) is 3. The molecule has 3 rings (SSSR count). The van der Waals surface area contributed by atoms with Crippen LogP contribution in [-0.2, 0) is 18.2 Å². The Morgan fingerprint density at radius 2 is 2.10 bits per heavy atom. The summed E-state index contributed by atoms with van der Waals surface area (Å²) in [5, 5.41) is 4.48. The van der Waals surface area contributed by atoms with Crippen LogP contribution < -0.4 is 0 Å². The molecule has 1 saturated heterocycles. The molecule has 1 atom stereocenters. The van der Waals surface area contributed by atoms with E-state index >= 15 is 0 Å². The lowest BCUT2D eigenvalue weighted by atomic mass is 10.1. The molecule has 5 nitrogen and oxygen atoms in total. The van der Waals surface area contributed by atoms with Crippen LogP contribution in [-0.4, -0.2) is 32.5 Å². The molecule has 2 aromatic rings. The number of ether oxygens (including phenoxy) is 1. The predicted octanol–water partition coefficient (Wildman–Crippen LogP) is 2.98. The number of imidazole rings is 1. The number of halogens is 1. The van der Waals surface area contributed by atoms with Crippen LogP contribution in [0.2, 0.25) is 0 Å². The number of rotatable bonds is 3. The average Bonchev–Trinajstić information content (AvgIpc) is 2.98. The van der Waals surface area contributed by atoms with E-state index in [1.165, 1.54) is 0 Å². The fourth-order valence-corrected chi connectivity index (χ4v) is 3.20. The van der Waals surface area contributed by atoms with Crippen LogP contribution in [0.25, 0.3) is 11.2 Å². The minimum absolute atomic E-state index is 0.102. The molecule has 0 N–H and O–H groups in total. The Kier molecular flexibility index (Phi) is 3.73. The van der Waals surface area contributed by atoms with Crippen molar-refractivity contribution in [3.8, 4) is 0 Å². The van der Waals surface area contributed by atoms with Crippen LogP contribution in [0, 0.1) is 0 Å². The zero-order valence-electron chi connectivity index (χ0n) is 12.3. The number of hydrogen-bond donors (Lipinski definition) is 0. The quantitative estimate of drug-likeness (QED) is 0.818. The Labute approximate surface area is 123 Å². The van der Waals surface area contributed by atoms with Gasteiger partial charge >= 0.3 is 0 Å². The van der Waals surface area contributed by atoms with Crippen molar-refractivity contribution < 1.29 is 4.74 Å². The highest BCUT2D eigenvalue weighted by molar-refractivity contribution is 6.20. The van der Waals surface area contributed by atoms with Gasteiger partial charge in [-0.3, -0.25) is 4.68 Å². The van der Waals surface area contributed by atoms with Crippen molar-refractivity contribution in [3.05, 3.63) is 11.5 Å². The standard InChI is InChI=1S/C14H21ClN4O/c1-4-11-12-14(18(3)17-11)19(13(16-12)9(2)15)10-5-7-20-8-6-10/h9-10H,4-8H2,1-3H3. The summed E-state index contributed by atoms with van der Waals surface area (Å²) in [5.74, 6) is 0.955. The van der Waals surface area contributed by atoms with Gasteiger partial charge in [0.25, 0.3) is 0 Å². The maximum atomic E-state index is 6.36. The van der Waals surface area contributed by atoms with E-state index in [4.69, 9.17) is 21.3 Å². The second-order valence-electron chi connectivity index (χ2n) is 5.40. The SMILES string of the molecule is CCc1nn(C)c2c1nc(C(C)Cl)n2C1CCOCC1. The minimum atomic E-state index is -0.102. The molecule has 0 saturated carbocycles. The van der Waals surface area contributed by atoms with E-state index in [9.17, 15) is 0 Å². The van der Waals surface area contributed by atoms with Crippen LogP contribution in [0.15, 0.2) is 0 Å². The zero-order valence-corrected chi connectivity index (χ0v) is 13.0. The van der Waals surface area contributed by atoms with Gasteiger partial charge in [0, 0.05) is 26.3 Å². The third-order valence-corrected chi connectivity index (χ3v) is 4.21.